The Kier molecular flexibility index (Phi) is 8.93. The van der Waals surface area contributed by atoms with Crippen LogP contribution in [-0.2, 0) is 23.8 Å². The van der Waals surface area contributed by atoms with E-state index in [2.05, 4.69) is 4.90 Å². The molecule has 0 N–H and O–H groups in total. The third-order valence-corrected chi connectivity index (χ3v) is 10.3. The quantitative estimate of drug-likeness (QED) is 0.279. The average molecular weight is 504 g/mol. The van der Waals surface area contributed by atoms with Crippen molar-refractivity contribution in [2.45, 2.75) is 102 Å². The summed E-state index contributed by atoms with van der Waals surface area (Å²) >= 11 is 0. The van der Waals surface area contributed by atoms with Gasteiger partial charge in [-0.1, -0.05) is 19.3 Å². The minimum absolute atomic E-state index is 0.0559. The van der Waals surface area contributed by atoms with E-state index in [0.717, 1.165) is 37.1 Å². The molecule has 0 aromatic rings. The summed E-state index contributed by atoms with van der Waals surface area (Å²) in [6.07, 6.45) is 18.4. The Hall–Kier alpha value is -1.14. The maximum absolute atomic E-state index is 12.9. The number of nitrogens with zero attached hydrogens (tertiary/aromatic N) is 1. The highest BCUT2D eigenvalue weighted by Crippen LogP contribution is 2.60. The number of carbonyl (C=O) groups excluding carboxylic acids is 2. The molecule has 0 amide bonds. The molecule has 0 radical (unpaired) electrons. The molecule has 0 atom stereocenters. The first kappa shape index (κ1) is 26.5. The molecule has 0 aromatic carbocycles. The Morgan fingerprint density at radius 1 is 0.722 bits per heavy atom. The van der Waals surface area contributed by atoms with Gasteiger partial charge in [0.1, 0.15) is 13.2 Å². The van der Waals surface area contributed by atoms with Crippen LogP contribution < -0.4 is 0 Å². The first-order valence-corrected chi connectivity index (χ1v) is 15.1. The van der Waals surface area contributed by atoms with Crippen molar-refractivity contribution in [3.63, 3.8) is 0 Å². The number of methoxy groups -OCH3 is 1. The number of ether oxygens (including phenoxy) is 3. The first-order valence-electron chi connectivity index (χ1n) is 15.1. The summed E-state index contributed by atoms with van der Waals surface area (Å²) < 4.78 is 16.1. The van der Waals surface area contributed by atoms with E-state index in [1.54, 1.807) is 7.11 Å². The summed E-state index contributed by atoms with van der Waals surface area (Å²) in [5.41, 5.74) is 0.534. The van der Waals surface area contributed by atoms with Gasteiger partial charge >= 0.3 is 11.9 Å². The molecule has 6 aliphatic carbocycles. The van der Waals surface area contributed by atoms with E-state index in [-0.39, 0.29) is 23.8 Å². The van der Waals surface area contributed by atoms with Crippen LogP contribution in [0.3, 0.4) is 0 Å². The van der Waals surface area contributed by atoms with Crippen LogP contribution >= 0.6 is 0 Å². The van der Waals surface area contributed by atoms with Gasteiger partial charge in [0, 0.05) is 26.2 Å². The lowest BCUT2D eigenvalue weighted by Crippen LogP contribution is -2.53. The second kappa shape index (κ2) is 12.1. The van der Waals surface area contributed by atoms with Crippen molar-refractivity contribution < 1.29 is 23.8 Å². The SMILES string of the molecule is COCCOC(=O)C1CCC(C(=O)OCCN(CC23CC4CC(CC(C4)C2)C3)C2CCCCC2)CC1. The topological polar surface area (TPSA) is 65.1 Å². The minimum Gasteiger partial charge on any atom is -0.464 e. The molecule has 0 spiro atoms. The van der Waals surface area contributed by atoms with E-state index < -0.39 is 0 Å². The molecule has 0 heterocycles. The van der Waals surface area contributed by atoms with Crippen LogP contribution in [0.1, 0.15) is 96.3 Å². The number of rotatable bonds is 11. The Balaban J connectivity index is 1.09. The van der Waals surface area contributed by atoms with E-state index in [0.29, 0.717) is 44.1 Å². The van der Waals surface area contributed by atoms with Crippen molar-refractivity contribution in [3.8, 4) is 0 Å². The molecule has 0 unspecified atom stereocenters. The highest BCUT2D eigenvalue weighted by Gasteiger charge is 2.51. The molecule has 0 saturated heterocycles. The summed E-state index contributed by atoms with van der Waals surface area (Å²) in [6.45, 7) is 3.36. The van der Waals surface area contributed by atoms with Gasteiger partial charge in [0.05, 0.1) is 18.4 Å². The largest absolute Gasteiger partial charge is 0.464 e. The van der Waals surface area contributed by atoms with Gasteiger partial charge in [0.2, 0.25) is 0 Å². The lowest BCUT2D eigenvalue weighted by Gasteiger charge is -2.58. The highest BCUT2D eigenvalue weighted by atomic mass is 16.6. The lowest BCUT2D eigenvalue weighted by molar-refractivity contribution is -0.156. The third-order valence-electron chi connectivity index (χ3n) is 10.3. The van der Waals surface area contributed by atoms with Crippen LogP contribution in [0.4, 0.5) is 0 Å². The normalized spacial score (nSPS) is 36.2. The molecule has 6 rings (SSSR count). The smallest absolute Gasteiger partial charge is 0.309 e. The third kappa shape index (κ3) is 6.46. The molecular formula is C30H49NO5. The van der Waals surface area contributed by atoms with Crippen LogP contribution in [0.5, 0.6) is 0 Å². The molecule has 6 saturated carbocycles. The molecule has 6 fully saturated rings. The van der Waals surface area contributed by atoms with Crippen molar-refractivity contribution in [2.75, 3.05) is 40.0 Å². The van der Waals surface area contributed by atoms with E-state index in [1.807, 2.05) is 0 Å². The van der Waals surface area contributed by atoms with Gasteiger partial charge in [-0.25, -0.2) is 0 Å². The van der Waals surface area contributed by atoms with Crippen molar-refractivity contribution in [1.82, 2.24) is 4.90 Å². The number of hydrogen-bond acceptors (Lipinski definition) is 6. The Morgan fingerprint density at radius 3 is 1.78 bits per heavy atom. The Morgan fingerprint density at radius 2 is 1.25 bits per heavy atom. The zero-order valence-electron chi connectivity index (χ0n) is 22.6. The number of esters is 2. The van der Waals surface area contributed by atoms with E-state index >= 15 is 0 Å². The van der Waals surface area contributed by atoms with Crippen molar-refractivity contribution in [1.29, 1.82) is 0 Å². The molecule has 36 heavy (non-hydrogen) atoms. The predicted molar refractivity (Wildman–Crippen MR) is 138 cm³/mol. The summed E-state index contributed by atoms with van der Waals surface area (Å²) in [5.74, 6) is 2.58. The van der Waals surface area contributed by atoms with Gasteiger partial charge in [0.25, 0.3) is 0 Å². The average Bonchev–Trinajstić information content (AvgIpc) is 2.88. The van der Waals surface area contributed by atoms with Crippen molar-refractivity contribution in [3.05, 3.63) is 0 Å². The number of hydrogen-bond donors (Lipinski definition) is 0. The second-order valence-electron chi connectivity index (χ2n) is 13.1. The standard InChI is InChI=1S/C30H49NO5/c1-34-13-14-36-29(33)26-9-7-25(8-10-26)28(32)35-12-11-31(27-5-3-2-4-6-27)21-30-18-22-15-23(19-30)17-24(16-22)20-30/h22-27H,2-21H2,1H3. The fraction of sp³-hybridized carbons (Fsp3) is 0.933. The van der Waals surface area contributed by atoms with Gasteiger partial charge in [-0.05, 0) is 100 Å². The second-order valence-corrected chi connectivity index (χ2v) is 13.1. The van der Waals surface area contributed by atoms with Crippen LogP contribution in [0.2, 0.25) is 0 Å². The van der Waals surface area contributed by atoms with Crippen molar-refractivity contribution >= 4 is 11.9 Å². The van der Waals surface area contributed by atoms with Gasteiger partial charge in [-0.3, -0.25) is 14.5 Å². The predicted octanol–water partition coefficient (Wildman–Crippen LogP) is 5.38. The monoisotopic (exact) mass is 503 g/mol. The Labute approximate surface area is 218 Å². The number of carbonyl (C=O) groups is 2. The van der Waals surface area contributed by atoms with Crippen molar-refractivity contribution in [2.24, 2.45) is 35.0 Å². The molecule has 0 aliphatic heterocycles. The zero-order chi connectivity index (χ0) is 25.0. The lowest BCUT2D eigenvalue weighted by atomic mass is 9.49. The summed E-state index contributed by atoms with van der Waals surface area (Å²) in [5, 5.41) is 0. The maximum atomic E-state index is 12.9. The van der Waals surface area contributed by atoms with Gasteiger partial charge in [-0.2, -0.15) is 0 Å². The molecule has 204 valence electrons. The van der Waals surface area contributed by atoms with E-state index in [4.69, 9.17) is 14.2 Å². The van der Waals surface area contributed by atoms with Crippen LogP contribution in [-0.4, -0.2) is 62.9 Å². The van der Waals surface area contributed by atoms with Crippen LogP contribution in [0, 0.1) is 35.0 Å². The molecule has 6 aliphatic rings. The molecule has 4 bridgehead atoms. The fourth-order valence-corrected chi connectivity index (χ4v) is 9.04. The van der Waals surface area contributed by atoms with E-state index in [9.17, 15) is 9.59 Å². The van der Waals surface area contributed by atoms with Gasteiger partial charge in [0.15, 0.2) is 0 Å². The molecule has 6 nitrogen and oxygen atoms in total. The maximum Gasteiger partial charge on any atom is 0.309 e. The van der Waals surface area contributed by atoms with Gasteiger partial charge in [-0.15, -0.1) is 0 Å². The first-order chi connectivity index (χ1) is 17.5. The van der Waals surface area contributed by atoms with Gasteiger partial charge < -0.3 is 14.2 Å². The summed E-state index contributed by atoms with van der Waals surface area (Å²) in [7, 11) is 1.60. The Bertz CT molecular complexity index is 704. The fourth-order valence-electron chi connectivity index (χ4n) is 9.04. The summed E-state index contributed by atoms with van der Waals surface area (Å²) in [6, 6.07) is 0.671. The highest BCUT2D eigenvalue weighted by molar-refractivity contribution is 5.75. The molecule has 6 heteroatoms. The molecular weight excluding hydrogens is 454 g/mol. The molecule has 0 aromatic heterocycles. The van der Waals surface area contributed by atoms with E-state index in [1.165, 1.54) is 77.2 Å². The van der Waals surface area contributed by atoms with Crippen LogP contribution in [0.25, 0.3) is 0 Å². The zero-order valence-corrected chi connectivity index (χ0v) is 22.6. The minimum atomic E-state index is -0.147. The summed E-state index contributed by atoms with van der Waals surface area (Å²) in [4.78, 5) is 27.8. The van der Waals surface area contributed by atoms with Crippen LogP contribution in [0.15, 0.2) is 0 Å².